The fraction of sp³-hybridized carbons (Fsp3) is 0.222. The highest BCUT2D eigenvalue weighted by atomic mass is 16.7. The maximum Gasteiger partial charge on any atom is 0.350 e. The van der Waals surface area contributed by atoms with Crippen LogP contribution in [0.2, 0.25) is 0 Å². The molecule has 1 unspecified atom stereocenters. The summed E-state index contributed by atoms with van der Waals surface area (Å²) in [6.07, 6.45) is 0. The first-order chi connectivity index (χ1) is 6.49. The minimum absolute atomic E-state index is 0.00965. The average molecular weight is 195 g/mol. The van der Waals surface area contributed by atoms with Crippen molar-refractivity contribution in [2.75, 3.05) is 0 Å². The number of rotatable bonds is 0. The second-order valence-corrected chi connectivity index (χ2v) is 3.16. The van der Waals surface area contributed by atoms with Gasteiger partial charge in [-0.3, -0.25) is 5.73 Å². The van der Waals surface area contributed by atoms with E-state index >= 15 is 0 Å². The number of hydrogen-bond donors (Lipinski definition) is 2. The minimum atomic E-state index is -1.47. The van der Waals surface area contributed by atoms with E-state index in [2.05, 4.69) is 0 Å². The van der Waals surface area contributed by atoms with Gasteiger partial charge in [0.15, 0.2) is 0 Å². The number of benzene rings is 1. The van der Waals surface area contributed by atoms with E-state index in [0.29, 0.717) is 0 Å². The van der Waals surface area contributed by atoms with Gasteiger partial charge in [0.25, 0.3) is 0 Å². The summed E-state index contributed by atoms with van der Waals surface area (Å²) >= 11 is 0. The zero-order valence-electron chi connectivity index (χ0n) is 7.48. The monoisotopic (exact) mass is 195 g/mol. The van der Waals surface area contributed by atoms with Gasteiger partial charge in [0.1, 0.15) is 17.1 Å². The van der Waals surface area contributed by atoms with E-state index in [9.17, 15) is 9.90 Å². The third-order valence-corrected chi connectivity index (χ3v) is 1.82. The first-order valence-electron chi connectivity index (χ1n) is 4.03. The van der Waals surface area contributed by atoms with E-state index in [0.717, 1.165) is 0 Å². The Kier molecular flexibility index (Phi) is 1.65. The van der Waals surface area contributed by atoms with Gasteiger partial charge in [-0.1, -0.05) is 6.07 Å². The third kappa shape index (κ3) is 1.27. The summed E-state index contributed by atoms with van der Waals surface area (Å²) in [5, 5.41) is 9.38. The summed E-state index contributed by atoms with van der Waals surface area (Å²) in [5.74, 6) is -2.11. The Morgan fingerprint density at radius 3 is 2.86 bits per heavy atom. The van der Waals surface area contributed by atoms with Gasteiger partial charge in [-0.25, -0.2) is 4.79 Å². The number of phenols is 1. The van der Waals surface area contributed by atoms with Crippen LogP contribution in [0.15, 0.2) is 18.2 Å². The molecule has 14 heavy (non-hydrogen) atoms. The second-order valence-electron chi connectivity index (χ2n) is 3.16. The lowest BCUT2D eigenvalue weighted by Gasteiger charge is -2.30. The largest absolute Gasteiger partial charge is 0.507 e. The van der Waals surface area contributed by atoms with E-state index in [1.54, 1.807) is 12.1 Å². The molecule has 0 spiro atoms. The van der Waals surface area contributed by atoms with Crippen LogP contribution in [0, 0.1) is 0 Å². The molecule has 1 aliphatic rings. The summed E-state index contributed by atoms with van der Waals surface area (Å²) in [6, 6.07) is 4.48. The van der Waals surface area contributed by atoms with Crippen LogP contribution >= 0.6 is 0 Å². The van der Waals surface area contributed by atoms with Crippen LogP contribution in [-0.4, -0.2) is 17.0 Å². The zero-order chi connectivity index (χ0) is 10.3. The molecule has 1 aromatic carbocycles. The number of fused-ring (bicyclic) bond motifs is 1. The van der Waals surface area contributed by atoms with E-state index in [4.69, 9.17) is 15.2 Å². The van der Waals surface area contributed by atoms with Gasteiger partial charge in [-0.15, -0.1) is 0 Å². The minimum Gasteiger partial charge on any atom is -0.507 e. The second kappa shape index (κ2) is 2.62. The molecule has 0 fully saturated rings. The molecule has 0 radical (unpaired) electrons. The van der Waals surface area contributed by atoms with E-state index < -0.39 is 11.9 Å². The van der Waals surface area contributed by atoms with Gasteiger partial charge in [0.05, 0.1) is 0 Å². The number of cyclic esters (lactones) is 1. The standard InChI is InChI=1S/C9H9NO4/c1-9(10)13-6-4-2-3-5(11)7(6)8(12)14-9/h2-4,11H,10H2,1H3. The number of aromatic hydroxyl groups is 1. The van der Waals surface area contributed by atoms with Crippen molar-refractivity contribution in [1.82, 2.24) is 0 Å². The lowest BCUT2D eigenvalue weighted by atomic mass is 10.1. The predicted molar refractivity (Wildman–Crippen MR) is 46.7 cm³/mol. The Labute approximate surface area is 80.0 Å². The molecule has 1 aliphatic heterocycles. The van der Waals surface area contributed by atoms with Crippen LogP contribution in [0.25, 0.3) is 0 Å². The number of carbonyl (C=O) groups excluding carboxylic acids is 1. The molecule has 1 atom stereocenters. The van der Waals surface area contributed by atoms with Gasteiger partial charge in [0.2, 0.25) is 0 Å². The maximum atomic E-state index is 11.4. The van der Waals surface area contributed by atoms with Gasteiger partial charge in [0, 0.05) is 6.92 Å². The molecule has 2 rings (SSSR count). The molecule has 1 aromatic rings. The van der Waals surface area contributed by atoms with Gasteiger partial charge in [-0.2, -0.15) is 0 Å². The molecular weight excluding hydrogens is 186 g/mol. The number of phenolic OH excluding ortho intramolecular Hbond substituents is 1. The van der Waals surface area contributed by atoms with E-state index in [1.807, 2.05) is 0 Å². The van der Waals surface area contributed by atoms with Crippen molar-refractivity contribution in [1.29, 1.82) is 0 Å². The quantitative estimate of drug-likeness (QED) is 0.591. The first-order valence-corrected chi connectivity index (χ1v) is 4.03. The molecule has 5 nitrogen and oxygen atoms in total. The summed E-state index contributed by atoms with van der Waals surface area (Å²) in [7, 11) is 0. The summed E-state index contributed by atoms with van der Waals surface area (Å²) in [4.78, 5) is 11.4. The van der Waals surface area contributed by atoms with E-state index in [1.165, 1.54) is 13.0 Å². The summed E-state index contributed by atoms with van der Waals surface area (Å²) in [6.45, 7) is 1.41. The normalized spacial score (nSPS) is 24.9. The van der Waals surface area contributed by atoms with Crippen LogP contribution in [0.3, 0.4) is 0 Å². The number of hydrogen-bond acceptors (Lipinski definition) is 5. The van der Waals surface area contributed by atoms with Crippen molar-refractivity contribution >= 4 is 5.97 Å². The number of carbonyl (C=O) groups is 1. The van der Waals surface area contributed by atoms with Crippen molar-refractivity contribution in [3.63, 3.8) is 0 Å². The van der Waals surface area contributed by atoms with Crippen LogP contribution in [0.4, 0.5) is 0 Å². The fourth-order valence-electron chi connectivity index (χ4n) is 1.28. The molecule has 0 bridgehead atoms. The molecule has 0 amide bonds. The molecule has 0 saturated heterocycles. The molecule has 0 saturated carbocycles. The highest BCUT2D eigenvalue weighted by molar-refractivity contribution is 5.96. The highest BCUT2D eigenvalue weighted by Crippen LogP contribution is 2.34. The fourth-order valence-corrected chi connectivity index (χ4v) is 1.28. The van der Waals surface area contributed by atoms with Crippen molar-refractivity contribution in [2.24, 2.45) is 5.73 Å². The highest BCUT2D eigenvalue weighted by Gasteiger charge is 2.36. The summed E-state index contributed by atoms with van der Waals surface area (Å²) < 4.78 is 9.88. The zero-order valence-corrected chi connectivity index (χ0v) is 7.48. The van der Waals surface area contributed by atoms with Crippen LogP contribution < -0.4 is 10.5 Å². The molecule has 0 aromatic heterocycles. The Balaban J connectivity index is 2.56. The molecule has 5 heteroatoms. The molecular formula is C9H9NO4. The van der Waals surface area contributed by atoms with Gasteiger partial charge in [-0.05, 0) is 12.1 Å². The SMILES string of the molecule is CC1(N)OC(=O)c2c(O)cccc2O1. The van der Waals surface area contributed by atoms with Crippen molar-refractivity contribution < 1.29 is 19.4 Å². The van der Waals surface area contributed by atoms with Crippen LogP contribution in [0.5, 0.6) is 11.5 Å². The number of nitrogens with two attached hydrogens (primary N) is 1. The lowest BCUT2D eigenvalue weighted by molar-refractivity contribution is -0.136. The number of ether oxygens (including phenoxy) is 2. The third-order valence-electron chi connectivity index (χ3n) is 1.82. The first kappa shape index (κ1) is 8.83. The van der Waals surface area contributed by atoms with Crippen LogP contribution in [0.1, 0.15) is 17.3 Å². The predicted octanol–water partition coefficient (Wildman–Crippen LogP) is 0.574. The molecule has 1 heterocycles. The van der Waals surface area contributed by atoms with Crippen molar-refractivity contribution in [2.45, 2.75) is 12.8 Å². The molecule has 74 valence electrons. The summed E-state index contributed by atoms with van der Waals surface area (Å²) in [5.41, 5.74) is 5.50. The molecule has 3 N–H and O–H groups in total. The lowest BCUT2D eigenvalue weighted by Crippen LogP contribution is -2.49. The Hall–Kier alpha value is -1.75. The molecule has 0 aliphatic carbocycles. The topological polar surface area (TPSA) is 81.8 Å². The van der Waals surface area contributed by atoms with Crippen molar-refractivity contribution in [3.05, 3.63) is 23.8 Å². The van der Waals surface area contributed by atoms with Gasteiger partial charge >= 0.3 is 11.9 Å². The van der Waals surface area contributed by atoms with Crippen molar-refractivity contribution in [3.8, 4) is 11.5 Å². The maximum absolute atomic E-state index is 11.4. The smallest absolute Gasteiger partial charge is 0.350 e. The Morgan fingerprint density at radius 1 is 1.43 bits per heavy atom. The average Bonchev–Trinajstić information content (AvgIpc) is 2.00. The Bertz CT molecular complexity index is 400. The van der Waals surface area contributed by atoms with E-state index in [-0.39, 0.29) is 17.1 Å². The van der Waals surface area contributed by atoms with Crippen LogP contribution in [-0.2, 0) is 4.74 Å². The van der Waals surface area contributed by atoms with Gasteiger partial charge < -0.3 is 14.6 Å². The Morgan fingerprint density at radius 2 is 2.14 bits per heavy atom. The number of esters is 1.